The van der Waals surface area contributed by atoms with Crippen LogP contribution in [0.25, 0.3) is 0 Å². The van der Waals surface area contributed by atoms with Gasteiger partial charge in [-0.1, -0.05) is 60.7 Å². The molecule has 1 unspecified atom stereocenters. The van der Waals surface area contributed by atoms with Gasteiger partial charge in [-0.25, -0.2) is 0 Å². The Hall–Kier alpha value is -1.35. The van der Waals surface area contributed by atoms with Crippen molar-refractivity contribution in [2.75, 3.05) is 19.7 Å². The van der Waals surface area contributed by atoms with Gasteiger partial charge in [0.25, 0.3) is 0 Å². The Morgan fingerprint density at radius 3 is 2.12 bits per heavy atom. The topological polar surface area (TPSA) is 23.5 Å². The lowest BCUT2D eigenvalue weighted by molar-refractivity contribution is 0.124. The number of rotatable bonds is 7. The maximum atomic E-state index is 9.04. The molecule has 2 aromatic rings. The van der Waals surface area contributed by atoms with Crippen molar-refractivity contribution in [2.24, 2.45) is 5.92 Å². The van der Waals surface area contributed by atoms with Crippen molar-refractivity contribution >= 4 is 12.4 Å². The van der Waals surface area contributed by atoms with Crippen molar-refractivity contribution in [3.05, 3.63) is 71.8 Å². The molecule has 1 N–H and O–H groups in total. The molecule has 2 nitrogen and oxygen atoms in total. The Balaban J connectivity index is 0.00000225. The van der Waals surface area contributed by atoms with Gasteiger partial charge in [-0.2, -0.15) is 0 Å². The zero-order valence-electron chi connectivity index (χ0n) is 14.9. The monoisotopic (exact) mass is 359 g/mol. The fourth-order valence-corrected chi connectivity index (χ4v) is 3.90. The minimum Gasteiger partial charge on any atom is -0.396 e. The average Bonchev–Trinajstić information content (AvgIpc) is 2.66. The number of halogens is 1. The molecule has 3 rings (SSSR count). The lowest BCUT2D eigenvalue weighted by atomic mass is 9.89. The Kier molecular flexibility index (Phi) is 8.47. The number of hydrogen-bond acceptors (Lipinski definition) is 2. The maximum absolute atomic E-state index is 9.04. The van der Waals surface area contributed by atoms with Gasteiger partial charge in [0.15, 0.2) is 0 Å². The van der Waals surface area contributed by atoms with Crippen molar-refractivity contribution < 1.29 is 5.11 Å². The molecule has 0 amide bonds. The van der Waals surface area contributed by atoms with Crippen LogP contribution in [-0.2, 0) is 6.42 Å². The average molecular weight is 360 g/mol. The van der Waals surface area contributed by atoms with Crippen molar-refractivity contribution in [3.8, 4) is 0 Å². The van der Waals surface area contributed by atoms with Gasteiger partial charge >= 0.3 is 0 Å². The minimum absolute atomic E-state index is 0. The van der Waals surface area contributed by atoms with Gasteiger partial charge in [-0.15, -0.1) is 12.4 Å². The van der Waals surface area contributed by atoms with E-state index in [2.05, 4.69) is 65.6 Å². The third kappa shape index (κ3) is 5.85. The lowest BCUT2D eigenvalue weighted by Crippen LogP contribution is -2.37. The molecule has 0 bridgehead atoms. The number of piperidine rings is 1. The Bertz CT molecular complexity index is 581. The summed E-state index contributed by atoms with van der Waals surface area (Å²) in [6.07, 6.45) is 5.73. The van der Waals surface area contributed by atoms with Crippen LogP contribution in [0.5, 0.6) is 0 Å². The first kappa shape index (κ1) is 20.0. The van der Waals surface area contributed by atoms with Crippen molar-refractivity contribution in [2.45, 2.75) is 38.1 Å². The van der Waals surface area contributed by atoms with E-state index in [1.54, 1.807) is 0 Å². The smallest absolute Gasteiger partial charge is 0.0431 e. The minimum atomic E-state index is 0. The summed E-state index contributed by atoms with van der Waals surface area (Å²) >= 11 is 0. The highest BCUT2D eigenvalue weighted by molar-refractivity contribution is 5.85. The largest absolute Gasteiger partial charge is 0.396 e. The third-order valence-electron chi connectivity index (χ3n) is 5.32. The van der Waals surface area contributed by atoms with Crippen LogP contribution in [0.3, 0.4) is 0 Å². The summed E-state index contributed by atoms with van der Waals surface area (Å²) in [6, 6.07) is 22.3. The number of benzene rings is 2. The number of aliphatic hydroxyl groups excluding tert-OH is 1. The standard InChI is InChI=1S/C22H29NO.ClH/c24-17-7-10-19-13-15-23(16-14-19)22(21-11-5-2-6-12-21)18-20-8-3-1-4-9-20;/h1-6,8-9,11-12,19,22,24H,7,10,13-18H2;1H. The van der Waals surface area contributed by atoms with E-state index in [0.29, 0.717) is 12.6 Å². The molecule has 1 atom stereocenters. The molecule has 1 heterocycles. The van der Waals surface area contributed by atoms with Gasteiger partial charge in [-0.05, 0) is 62.2 Å². The second-order valence-electron chi connectivity index (χ2n) is 6.96. The zero-order chi connectivity index (χ0) is 16.6. The molecular formula is C22H30ClNO. The Morgan fingerprint density at radius 1 is 0.920 bits per heavy atom. The second kappa shape index (κ2) is 10.6. The van der Waals surface area contributed by atoms with Gasteiger partial charge < -0.3 is 5.11 Å². The highest BCUT2D eigenvalue weighted by Gasteiger charge is 2.26. The molecule has 1 fully saturated rings. The predicted octanol–water partition coefficient (Wildman–Crippen LogP) is 4.88. The van der Waals surface area contributed by atoms with Gasteiger partial charge in [0.1, 0.15) is 0 Å². The molecule has 1 aliphatic rings. The van der Waals surface area contributed by atoms with Crippen molar-refractivity contribution in [3.63, 3.8) is 0 Å². The lowest BCUT2D eigenvalue weighted by Gasteiger charge is -2.38. The molecule has 25 heavy (non-hydrogen) atoms. The van der Waals surface area contributed by atoms with Gasteiger partial charge in [0.2, 0.25) is 0 Å². The highest BCUT2D eigenvalue weighted by atomic mass is 35.5. The van der Waals surface area contributed by atoms with Crippen molar-refractivity contribution in [1.82, 2.24) is 4.90 Å². The molecular weight excluding hydrogens is 330 g/mol. The summed E-state index contributed by atoms with van der Waals surface area (Å²) in [5, 5.41) is 9.04. The Labute approximate surface area is 158 Å². The molecule has 136 valence electrons. The molecule has 0 spiro atoms. The summed E-state index contributed by atoms with van der Waals surface area (Å²) in [4.78, 5) is 2.66. The third-order valence-corrected chi connectivity index (χ3v) is 5.32. The summed E-state index contributed by atoms with van der Waals surface area (Å²) in [5.74, 6) is 0.793. The van der Waals surface area contributed by atoms with Crippen LogP contribution in [0.15, 0.2) is 60.7 Å². The summed E-state index contributed by atoms with van der Waals surface area (Å²) < 4.78 is 0. The highest BCUT2D eigenvalue weighted by Crippen LogP contribution is 2.31. The molecule has 0 aromatic heterocycles. The van der Waals surface area contributed by atoms with Crippen LogP contribution in [0.4, 0.5) is 0 Å². The molecule has 2 aromatic carbocycles. The second-order valence-corrected chi connectivity index (χ2v) is 6.96. The molecule has 1 saturated heterocycles. The molecule has 0 radical (unpaired) electrons. The first-order chi connectivity index (χ1) is 11.9. The predicted molar refractivity (Wildman–Crippen MR) is 107 cm³/mol. The van der Waals surface area contributed by atoms with Crippen LogP contribution in [0.2, 0.25) is 0 Å². The van der Waals surface area contributed by atoms with E-state index in [9.17, 15) is 0 Å². The van der Waals surface area contributed by atoms with E-state index in [4.69, 9.17) is 5.11 Å². The fraction of sp³-hybridized carbons (Fsp3) is 0.455. The number of aliphatic hydroxyl groups is 1. The maximum Gasteiger partial charge on any atom is 0.0431 e. The quantitative estimate of drug-likeness (QED) is 0.761. The van der Waals surface area contributed by atoms with Crippen LogP contribution >= 0.6 is 12.4 Å². The van der Waals surface area contributed by atoms with E-state index in [1.807, 2.05) is 0 Å². The van der Waals surface area contributed by atoms with E-state index in [1.165, 1.54) is 43.5 Å². The molecule has 1 aliphatic heterocycles. The van der Waals surface area contributed by atoms with Crippen LogP contribution in [0.1, 0.15) is 42.9 Å². The number of hydrogen-bond donors (Lipinski definition) is 1. The Morgan fingerprint density at radius 2 is 1.52 bits per heavy atom. The van der Waals surface area contributed by atoms with Crippen LogP contribution in [0, 0.1) is 5.92 Å². The fourth-order valence-electron chi connectivity index (χ4n) is 3.90. The van der Waals surface area contributed by atoms with Gasteiger partial charge in [0, 0.05) is 12.6 Å². The van der Waals surface area contributed by atoms with Gasteiger partial charge in [0.05, 0.1) is 0 Å². The summed E-state index contributed by atoms with van der Waals surface area (Å²) in [6.45, 7) is 2.67. The van der Waals surface area contributed by atoms with Crippen LogP contribution in [-0.4, -0.2) is 29.7 Å². The van der Waals surface area contributed by atoms with E-state index in [0.717, 1.165) is 18.8 Å². The molecule has 3 heteroatoms. The van der Waals surface area contributed by atoms with Crippen LogP contribution < -0.4 is 0 Å². The SMILES string of the molecule is Cl.OCCCC1CCN(C(Cc2ccccc2)c2ccccc2)CC1. The van der Waals surface area contributed by atoms with Gasteiger partial charge in [-0.3, -0.25) is 4.90 Å². The van der Waals surface area contributed by atoms with E-state index >= 15 is 0 Å². The normalized spacial score (nSPS) is 17.0. The number of likely N-dealkylation sites (tertiary alicyclic amines) is 1. The summed E-state index contributed by atoms with van der Waals surface area (Å²) in [5.41, 5.74) is 2.84. The first-order valence-corrected chi connectivity index (χ1v) is 9.30. The number of nitrogens with zero attached hydrogens (tertiary/aromatic N) is 1. The summed E-state index contributed by atoms with van der Waals surface area (Å²) in [7, 11) is 0. The van der Waals surface area contributed by atoms with E-state index in [-0.39, 0.29) is 12.4 Å². The van der Waals surface area contributed by atoms with E-state index < -0.39 is 0 Å². The van der Waals surface area contributed by atoms with Crippen molar-refractivity contribution in [1.29, 1.82) is 0 Å². The molecule has 0 saturated carbocycles. The zero-order valence-corrected chi connectivity index (χ0v) is 15.7. The first-order valence-electron chi connectivity index (χ1n) is 9.30. The molecule has 0 aliphatic carbocycles.